The molecular formula is C45H90KNO2. The number of hydrogen-bond acceptors (Lipinski definition) is 3. The van der Waals surface area contributed by atoms with Crippen molar-refractivity contribution in [3.8, 4) is 0 Å². The Morgan fingerprint density at radius 3 is 0.694 bits per heavy atom. The van der Waals surface area contributed by atoms with E-state index in [1.54, 1.807) is 0 Å². The quantitative estimate of drug-likeness (QED) is 0.0466. The van der Waals surface area contributed by atoms with Gasteiger partial charge in [-0.25, -0.2) is 0 Å². The van der Waals surface area contributed by atoms with Gasteiger partial charge in [-0.2, -0.15) is 0 Å². The summed E-state index contributed by atoms with van der Waals surface area (Å²) < 4.78 is 0. The molecule has 0 bridgehead atoms. The first kappa shape index (κ1) is 52.2. The Kier molecular flexibility index (Phi) is 50.1. The third-order valence-electron chi connectivity index (χ3n) is 10.8. The summed E-state index contributed by atoms with van der Waals surface area (Å²) in [4.78, 5) is 13.5. The molecule has 0 saturated heterocycles. The standard InChI is InChI=1S/C45H91NO2.K/c1-3-5-7-9-11-13-15-17-19-21-23-25-27-29-31-33-35-37-39-42-46(44-41-45(47)48)43-40-38-36-34-32-30-28-26-24-22-20-18-16-14-12-10-8-6-4-2;/h3-44H2,1-2H3,(H,47,48);/q;+1/p-1. The van der Waals surface area contributed by atoms with Crippen molar-refractivity contribution in [3.63, 3.8) is 0 Å². The number of carboxylic acid groups (broad SMARTS) is 1. The summed E-state index contributed by atoms with van der Waals surface area (Å²) in [6.07, 6.45) is 53.7. The van der Waals surface area contributed by atoms with Gasteiger partial charge >= 0.3 is 51.4 Å². The van der Waals surface area contributed by atoms with Crippen LogP contribution < -0.4 is 56.5 Å². The van der Waals surface area contributed by atoms with E-state index in [1.165, 1.54) is 244 Å². The molecular weight excluding hydrogens is 626 g/mol. The summed E-state index contributed by atoms with van der Waals surface area (Å²) in [5, 5.41) is 11.1. The van der Waals surface area contributed by atoms with Gasteiger partial charge in [-0.15, -0.1) is 0 Å². The van der Waals surface area contributed by atoms with Gasteiger partial charge in [-0.05, 0) is 32.4 Å². The predicted molar refractivity (Wildman–Crippen MR) is 213 cm³/mol. The molecule has 0 N–H and O–H groups in total. The summed E-state index contributed by atoms with van der Waals surface area (Å²) in [6.45, 7) is 7.38. The van der Waals surface area contributed by atoms with Crippen LogP contribution in [0.5, 0.6) is 0 Å². The van der Waals surface area contributed by atoms with Crippen LogP contribution in [0.2, 0.25) is 0 Å². The van der Waals surface area contributed by atoms with E-state index in [0.717, 1.165) is 13.1 Å². The van der Waals surface area contributed by atoms with E-state index < -0.39 is 5.97 Å². The summed E-state index contributed by atoms with van der Waals surface area (Å²) in [5.74, 6) is -0.902. The van der Waals surface area contributed by atoms with Crippen LogP contribution in [-0.4, -0.2) is 30.5 Å². The molecule has 0 aromatic rings. The Morgan fingerprint density at radius 1 is 0.327 bits per heavy atom. The molecule has 288 valence electrons. The molecule has 0 aliphatic heterocycles. The summed E-state index contributed by atoms with van der Waals surface area (Å²) in [7, 11) is 0. The minimum atomic E-state index is -0.902. The van der Waals surface area contributed by atoms with Gasteiger partial charge in [0.25, 0.3) is 0 Å². The fourth-order valence-electron chi connectivity index (χ4n) is 7.41. The second kappa shape index (κ2) is 47.1. The molecule has 0 fully saturated rings. The molecule has 0 unspecified atom stereocenters. The molecule has 3 nitrogen and oxygen atoms in total. The van der Waals surface area contributed by atoms with Gasteiger partial charge in [0.05, 0.1) is 0 Å². The molecule has 0 aromatic carbocycles. The van der Waals surface area contributed by atoms with Crippen molar-refractivity contribution in [2.24, 2.45) is 0 Å². The van der Waals surface area contributed by atoms with Crippen LogP contribution in [0.1, 0.15) is 264 Å². The summed E-state index contributed by atoms with van der Waals surface area (Å²) in [6, 6.07) is 0. The average Bonchev–Trinajstić information content (AvgIpc) is 3.08. The number of rotatable bonds is 43. The van der Waals surface area contributed by atoms with E-state index in [1.807, 2.05) is 0 Å². The molecule has 4 heteroatoms. The van der Waals surface area contributed by atoms with Gasteiger partial charge in [0.15, 0.2) is 0 Å². The van der Waals surface area contributed by atoms with E-state index in [4.69, 9.17) is 0 Å². The second-order valence-electron chi connectivity index (χ2n) is 15.7. The van der Waals surface area contributed by atoms with Crippen molar-refractivity contribution in [1.82, 2.24) is 4.90 Å². The van der Waals surface area contributed by atoms with E-state index >= 15 is 0 Å². The number of unbranched alkanes of at least 4 members (excludes halogenated alkanes) is 36. The zero-order valence-corrected chi connectivity index (χ0v) is 37.6. The average molecular weight is 716 g/mol. The summed E-state index contributed by atoms with van der Waals surface area (Å²) >= 11 is 0. The van der Waals surface area contributed by atoms with E-state index in [0.29, 0.717) is 6.54 Å². The zero-order valence-electron chi connectivity index (χ0n) is 34.5. The fourth-order valence-corrected chi connectivity index (χ4v) is 7.41. The molecule has 49 heavy (non-hydrogen) atoms. The van der Waals surface area contributed by atoms with E-state index in [-0.39, 0.29) is 57.8 Å². The van der Waals surface area contributed by atoms with E-state index in [2.05, 4.69) is 18.7 Å². The largest absolute Gasteiger partial charge is 1.00 e. The number of hydrogen-bond donors (Lipinski definition) is 0. The molecule has 0 rings (SSSR count). The molecule has 0 aromatic heterocycles. The SMILES string of the molecule is CCCCCCCCCCCCCCCCCCCCCN(CCCCCCCCCCCCCCCCCCCCC)CCC(=O)[O-].[K+]. The smallest absolute Gasteiger partial charge is 0.550 e. The minimum absolute atomic E-state index is 0. The first-order valence-electron chi connectivity index (χ1n) is 22.6. The first-order valence-corrected chi connectivity index (χ1v) is 22.6. The normalized spacial score (nSPS) is 11.4. The number of aliphatic carboxylic acids is 1. The van der Waals surface area contributed by atoms with Crippen LogP contribution in [0, 0.1) is 0 Å². The maximum absolute atomic E-state index is 11.1. The molecule has 0 heterocycles. The van der Waals surface area contributed by atoms with Crippen LogP contribution in [0.25, 0.3) is 0 Å². The van der Waals surface area contributed by atoms with Crippen molar-refractivity contribution in [1.29, 1.82) is 0 Å². The third-order valence-corrected chi connectivity index (χ3v) is 10.8. The van der Waals surface area contributed by atoms with Crippen LogP contribution in [0.3, 0.4) is 0 Å². The van der Waals surface area contributed by atoms with Crippen molar-refractivity contribution < 1.29 is 61.3 Å². The molecule has 0 spiro atoms. The fraction of sp³-hybridized carbons (Fsp3) is 0.978. The predicted octanol–water partition coefficient (Wildman–Crippen LogP) is 11.3. The molecule has 0 amide bonds. The molecule has 0 atom stereocenters. The van der Waals surface area contributed by atoms with Crippen LogP contribution in [0.4, 0.5) is 0 Å². The van der Waals surface area contributed by atoms with Gasteiger partial charge in [-0.3, -0.25) is 0 Å². The minimum Gasteiger partial charge on any atom is -0.550 e. The Balaban J connectivity index is 0. The van der Waals surface area contributed by atoms with Crippen molar-refractivity contribution in [2.45, 2.75) is 264 Å². The van der Waals surface area contributed by atoms with Crippen molar-refractivity contribution in [2.75, 3.05) is 19.6 Å². The van der Waals surface area contributed by atoms with Gasteiger partial charge in [0.1, 0.15) is 0 Å². The van der Waals surface area contributed by atoms with Crippen molar-refractivity contribution in [3.05, 3.63) is 0 Å². The number of carboxylic acids is 1. The van der Waals surface area contributed by atoms with Gasteiger partial charge < -0.3 is 14.8 Å². The van der Waals surface area contributed by atoms with Crippen LogP contribution >= 0.6 is 0 Å². The van der Waals surface area contributed by atoms with Gasteiger partial charge in [0, 0.05) is 12.5 Å². The molecule has 0 saturated carbocycles. The molecule has 0 radical (unpaired) electrons. The Labute approximate surface area is 352 Å². The number of nitrogens with zero attached hydrogens (tertiary/aromatic N) is 1. The third kappa shape index (κ3) is 47.0. The van der Waals surface area contributed by atoms with Gasteiger partial charge in [0.2, 0.25) is 0 Å². The zero-order chi connectivity index (χ0) is 34.9. The van der Waals surface area contributed by atoms with Crippen LogP contribution in [0.15, 0.2) is 0 Å². The Hall–Kier alpha value is 1.07. The number of carbonyl (C=O) groups is 1. The first-order chi connectivity index (χ1) is 23.7. The Morgan fingerprint density at radius 2 is 0.510 bits per heavy atom. The second-order valence-corrected chi connectivity index (χ2v) is 15.7. The molecule has 0 aliphatic rings. The van der Waals surface area contributed by atoms with Crippen molar-refractivity contribution >= 4 is 5.97 Å². The summed E-state index contributed by atoms with van der Waals surface area (Å²) in [5.41, 5.74) is 0. The maximum Gasteiger partial charge on any atom is 1.00 e. The Bertz CT molecular complexity index is 559. The maximum atomic E-state index is 11.1. The van der Waals surface area contributed by atoms with E-state index in [9.17, 15) is 9.90 Å². The number of carbonyl (C=O) groups excluding carboxylic acids is 1. The van der Waals surface area contributed by atoms with Gasteiger partial charge in [-0.1, -0.05) is 245 Å². The topological polar surface area (TPSA) is 43.4 Å². The van der Waals surface area contributed by atoms with Crippen LogP contribution in [-0.2, 0) is 4.79 Å². The molecule has 0 aliphatic carbocycles. The monoisotopic (exact) mass is 716 g/mol.